The van der Waals surface area contributed by atoms with Gasteiger partial charge in [-0.05, 0) is 37.2 Å². The van der Waals surface area contributed by atoms with Crippen LogP contribution < -0.4 is 10.6 Å². The van der Waals surface area contributed by atoms with Crippen LogP contribution in [-0.2, 0) is 6.54 Å². The number of nitriles is 1. The first-order valence-electron chi connectivity index (χ1n) is 7.68. The summed E-state index contributed by atoms with van der Waals surface area (Å²) >= 11 is 0. The zero-order chi connectivity index (χ0) is 15.1. The maximum Gasteiger partial charge on any atom is 0.316 e. The van der Waals surface area contributed by atoms with Crippen LogP contribution in [0.25, 0.3) is 0 Å². The lowest BCUT2D eigenvalue weighted by Gasteiger charge is -2.35. The highest BCUT2D eigenvalue weighted by Gasteiger charge is 2.36. The molecule has 0 spiro atoms. The van der Waals surface area contributed by atoms with Crippen molar-refractivity contribution in [1.82, 2.24) is 10.6 Å². The van der Waals surface area contributed by atoms with E-state index in [9.17, 15) is 10.1 Å². The SMILES string of the molecule is CCC1CCC(C#N)(NC(=O)NCc2ccccc2)CC1. The zero-order valence-electron chi connectivity index (χ0n) is 12.6. The number of hydrogen-bond acceptors (Lipinski definition) is 2. The Morgan fingerprint density at radius 3 is 2.57 bits per heavy atom. The molecule has 0 heterocycles. The lowest BCUT2D eigenvalue weighted by molar-refractivity contribution is 0.207. The summed E-state index contributed by atoms with van der Waals surface area (Å²) in [6.45, 7) is 2.66. The number of carbonyl (C=O) groups is 1. The molecule has 0 unspecified atom stereocenters. The number of carbonyl (C=O) groups excluding carboxylic acids is 1. The predicted molar refractivity (Wildman–Crippen MR) is 82.4 cm³/mol. The largest absolute Gasteiger partial charge is 0.334 e. The Bertz CT molecular complexity index is 499. The molecule has 0 radical (unpaired) electrons. The second-order valence-corrected chi connectivity index (χ2v) is 5.84. The fourth-order valence-corrected chi connectivity index (χ4v) is 2.88. The van der Waals surface area contributed by atoms with Crippen LogP contribution in [-0.4, -0.2) is 11.6 Å². The number of hydrogen-bond donors (Lipinski definition) is 2. The Morgan fingerprint density at radius 1 is 1.33 bits per heavy atom. The molecule has 21 heavy (non-hydrogen) atoms. The Hall–Kier alpha value is -2.02. The first-order valence-corrected chi connectivity index (χ1v) is 7.68. The molecule has 2 rings (SSSR count). The van der Waals surface area contributed by atoms with Crippen molar-refractivity contribution in [3.05, 3.63) is 35.9 Å². The van der Waals surface area contributed by atoms with Gasteiger partial charge in [-0.3, -0.25) is 0 Å². The van der Waals surface area contributed by atoms with Crippen molar-refractivity contribution in [3.63, 3.8) is 0 Å². The second kappa shape index (κ2) is 7.12. The number of benzene rings is 1. The summed E-state index contributed by atoms with van der Waals surface area (Å²) in [5.41, 5.74) is 0.361. The summed E-state index contributed by atoms with van der Waals surface area (Å²) in [4.78, 5) is 12.0. The molecule has 0 aliphatic heterocycles. The Labute approximate surface area is 126 Å². The molecule has 0 aromatic heterocycles. The molecule has 4 heteroatoms. The van der Waals surface area contributed by atoms with Gasteiger partial charge in [-0.2, -0.15) is 5.26 Å². The van der Waals surface area contributed by atoms with E-state index in [0.29, 0.717) is 12.5 Å². The van der Waals surface area contributed by atoms with Crippen LogP contribution in [0.1, 0.15) is 44.6 Å². The van der Waals surface area contributed by atoms with E-state index in [0.717, 1.165) is 37.7 Å². The van der Waals surface area contributed by atoms with Crippen molar-refractivity contribution in [1.29, 1.82) is 5.26 Å². The van der Waals surface area contributed by atoms with Crippen LogP contribution in [0.15, 0.2) is 30.3 Å². The Morgan fingerprint density at radius 2 is 2.00 bits per heavy atom. The molecule has 1 aliphatic carbocycles. The van der Waals surface area contributed by atoms with Crippen LogP contribution in [0.3, 0.4) is 0 Å². The van der Waals surface area contributed by atoms with Gasteiger partial charge in [-0.25, -0.2) is 4.79 Å². The number of rotatable bonds is 4. The fraction of sp³-hybridized carbons (Fsp3) is 0.529. The van der Waals surface area contributed by atoms with E-state index in [1.807, 2.05) is 30.3 Å². The smallest absolute Gasteiger partial charge is 0.316 e. The average Bonchev–Trinajstić information content (AvgIpc) is 2.54. The second-order valence-electron chi connectivity index (χ2n) is 5.84. The molecule has 0 bridgehead atoms. The molecular formula is C17H23N3O. The van der Waals surface area contributed by atoms with E-state index < -0.39 is 5.54 Å². The number of nitrogens with one attached hydrogen (secondary N) is 2. The van der Waals surface area contributed by atoms with Crippen LogP contribution >= 0.6 is 0 Å². The number of urea groups is 1. The number of amides is 2. The molecule has 1 aliphatic rings. The third-order valence-corrected chi connectivity index (χ3v) is 4.40. The Kier molecular flexibility index (Phi) is 5.21. The van der Waals surface area contributed by atoms with Gasteiger partial charge in [-0.15, -0.1) is 0 Å². The Balaban J connectivity index is 1.85. The van der Waals surface area contributed by atoms with Gasteiger partial charge in [0.25, 0.3) is 0 Å². The van der Waals surface area contributed by atoms with Gasteiger partial charge in [0.1, 0.15) is 5.54 Å². The molecule has 0 saturated heterocycles. The first-order chi connectivity index (χ1) is 10.2. The summed E-state index contributed by atoms with van der Waals surface area (Å²) in [5.74, 6) is 0.695. The number of nitrogens with zero attached hydrogens (tertiary/aromatic N) is 1. The van der Waals surface area contributed by atoms with Crippen molar-refractivity contribution in [3.8, 4) is 6.07 Å². The molecular weight excluding hydrogens is 262 g/mol. The van der Waals surface area contributed by atoms with Gasteiger partial charge < -0.3 is 10.6 Å². The lowest BCUT2D eigenvalue weighted by atomic mass is 9.76. The first kappa shape index (κ1) is 15.4. The van der Waals surface area contributed by atoms with Crippen LogP contribution in [0.2, 0.25) is 0 Å². The van der Waals surface area contributed by atoms with Gasteiger partial charge in [0, 0.05) is 6.54 Å². The van der Waals surface area contributed by atoms with Crippen molar-refractivity contribution < 1.29 is 4.79 Å². The minimum Gasteiger partial charge on any atom is -0.334 e. The molecule has 1 fully saturated rings. The van der Waals surface area contributed by atoms with Crippen molar-refractivity contribution in [2.75, 3.05) is 0 Å². The highest BCUT2D eigenvalue weighted by atomic mass is 16.2. The highest BCUT2D eigenvalue weighted by molar-refractivity contribution is 5.75. The monoisotopic (exact) mass is 285 g/mol. The molecule has 112 valence electrons. The highest BCUT2D eigenvalue weighted by Crippen LogP contribution is 2.33. The van der Waals surface area contributed by atoms with Crippen LogP contribution in [0.5, 0.6) is 0 Å². The lowest BCUT2D eigenvalue weighted by Crippen LogP contribution is -2.52. The van der Waals surface area contributed by atoms with E-state index in [4.69, 9.17) is 0 Å². The van der Waals surface area contributed by atoms with Gasteiger partial charge in [0.2, 0.25) is 0 Å². The van der Waals surface area contributed by atoms with E-state index in [2.05, 4.69) is 23.6 Å². The summed E-state index contributed by atoms with van der Waals surface area (Å²) in [6, 6.07) is 11.8. The van der Waals surface area contributed by atoms with Crippen LogP contribution in [0.4, 0.5) is 4.79 Å². The van der Waals surface area contributed by atoms with Crippen molar-refractivity contribution in [2.45, 2.75) is 51.1 Å². The van der Waals surface area contributed by atoms with Gasteiger partial charge >= 0.3 is 6.03 Å². The molecule has 1 saturated carbocycles. The summed E-state index contributed by atoms with van der Waals surface area (Å²) < 4.78 is 0. The quantitative estimate of drug-likeness (QED) is 0.891. The summed E-state index contributed by atoms with van der Waals surface area (Å²) in [7, 11) is 0. The minimum atomic E-state index is -0.688. The molecule has 0 atom stereocenters. The third kappa shape index (κ3) is 4.22. The van der Waals surface area contributed by atoms with Crippen molar-refractivity contribution in [2.24, 2.45) is 5.92 Å². The van der Waals surface area contributed by atoms with Gasteiger partial charge in [0.15, 0.2) is 0 Å². The molecule has 4 nitrogen and oxygen atoms in total. The molecule has 2 amide bonds. The maximum absolute atomic E-state index is 12.0. The minimum absolute atomic E-state index is 0.254. The predicted octanol–water partition coefficient (Wildman–Crippen LogP) is 3.35. The van der Waals surface area contributed by atoms with E-state index >= 15 is 0 Å². The maximum atomic E-state index is 12.0. The van der Waals surface area contributed by atoms with E-state index in [1.165, 1.54) is 0 Å². The third-order valence-electron chi connectivity index (χ3n) is 4.40. The topological polar surface area (TPSA) is 64.9 Å². The average molecular weight is 285 g/mol. The van der Waals surface area contributed by atoms with Gasteiger partial charge in [0.05, 0.1) is 6.07 Å². The zero-order valence-corrected chi connectivity index (χ0v) is 12.6. The molecule has 1 aromatic rings. The normalized spacial score (nSPS) is 24.9. The summed E-state index contributed by atoms with van der Waals surface area (Å²) in [5, 5.41) is 15.2. The molecule has 2 N–H and O–H groups in total. The fourth-order valence-electron chi connectivity index (χ4n) is 2.88. The van der Waals surface area contributed by atoms with Crippen molar-refractivity contribution >= 4 is 6.03 Å². The van der Waals surface area contributed by atoms with Gasteiger partial charge in [-0.1, -0.05) is 43.7 Å². The molecule has 1 aromatic carbocycles. The van der Waals surface area contributed by atoms with E-state index in [1.54, 1.807) is 0 Å². The van der Waals surface area contributed by atoms with Crippen LogP contribution in [0, 0.1) is 17.2 Å². The van der Waals surface area contributed by atoms with E-state index in [-0.39, 0.29) is 6.03 Å². The standard InChI is InChI=1S/C17H23N3O/c1-2-14-8-10-17(13-18,11-9-14)20-16(21)19-12-15-6-4-3-5-7-15/h3-7,14H,2,8-12H2,1H3,(H2,19,20,21). The summed E-state index contributed by atoms with van der Waals surface area (Å²) in [6.07, 6.45) is 4.69.